The summed E-state index contributed by atoms with van der Waals surface area (Å²) in [6.45, 7) is 6.99. The van der Waals surface area contributed by atoms with Gasteiger partial charge in [-0.05, 0) is 63.1 Å². The van der Waals surface area contributed by atoms with Crippen molar-refractivity contribution in [2.75, 3.05) is 18.0 Å². The van der Waals surface area contributed by atoms with Crippen LogP contribution in [0.25, 0.3) is 0 Å². The lowest BCUT2D eigenvalue weighted by Crippen LogP contribution is -2.53. The first-order valence-electron chi connectivity index (χ1n) is 13.0. The van der Waals surface area contributed by atoms with Gasteiger partial charge >= 0.3 is 0 Å². The smallest absolute Gasteiger partial charge is 0.264 e. The Kier molecular flexibility index (Phi) is 10.6. The molecule has 3 aromatic rings. The van der Waals surface area contributed by atoms with Crippen molar-refractivity contribution >= 4 is 39.1 Å². The number of methoxy groups -OCH3 is 1. The van der Waals surface area contributed by atoms with Crippen LogP contribution in [-0.2, 0) is 26.2 Å². The average Bonchev–Trinajstić information content (AvgIpc) is 2.91. The fourth-order valence-corrected chi connectivity index (χ4v) is 6.00. The summed E-state index contributed by atoms with van der Waals surface area (Å²) in [5.41, 5.74) is 1.94. The summed E-state index contributed by atoms with van der Waals surface area (Å²) in [5, 5.41) is 3.16. The summed E-state index contributed by atoms with van der Waals surface area (Å²) in [7, 11) is -2.82. The lowest BCUT2D eigenvalue weighted by Gasteiger charge is -2.34. The van der Waals surface area contributed by atoms with E-state index in [0.29, 0.717) is 6.42 Å². The number of aryl methyl sites for hydroxylation is 1. The first-order chi connectivity index (χ1) is 19.0. The highest BCUT2D eigenvalue weighted by Crippen LogP contribution is 2.35. The molecule has 0 radical (unpaired) electrons. The Bertz CT molecular complexity index is 1430. The first kappa shape index (κ1) is 31.0. The highest BCUT2D eigenvalue weighted by atomic mass is 35.5. The number of carbonyl (C=O) groups excluding carboxylic acids is 2. The van der Waals surface area contributed by atoms with E-state index < -0.39 is 28.5 Å². The predicted molar refractivity (Wildman–Crippen MR) is 158 cm³/mol. The van der Waals surface area contributed by atoms with Crippen molar-refractivity contribution in [3.63, 3.8) is 0 Å². The molecule has 0 fully saturated rings. The number of amides is 2. The summed E-state index contributed by atoms with van der Waals surface area (Å²) in [6.07, 6.45) is 0.335. The second-order valence-corrected chi connectivity index (χ2v) is 12.0. The minimum absolute atomic E-state index is 0.000319. The van der Waals surface area contributed by atoms with Crippen LogP contribution >= 0.6 is 11.6 Å². The number of carbonyl (C=O) groups is 2. The molecule has 0 aromatic heterocycles. The number of hydrogen-bond donors (Lipinski definition) is 1. The van der Waals surface area contributed by atoms with Gasteiger partial charge in [0, 0.05) is 17.6 Å². The monoisotopic (exact) mass is 585 g/mol. The van der Waals surface area contributed by atoms with Crippen molar-refractivity contribution in [1.82, 2.24) is 10.2 Å². The number of anilines is 1. The molecule has 2 amide bonds. The second kappa shape index (κ2) is 13.7. The van der Waals surface area contributed by atoms with Gasteiger partial charge in [-0.3, -0.25) is 13.9 Å². The molecular formula is C30H36ClN3O5S. The Morgan fingerprint density at radius 1 is 1.00 bits per heavy atom. The molecule has 3 rings (SSSR count). The molecule has 40 heavy (non-hydrogen) atoms. The van der Waals surface area contributed by atoms with Crippen molar-refractivity contribution in [2.45, 2.75) is 57.6 Å². The van der Waals surface area contributed by atoms with Crippen molar-refractivity contribution in [1.29, 1.82) is 0 Å². The lowest BCUT2D eigenvalue weighted by molar-refractivity contribution is -0.140. The molecule has 3 aromatic carbocycles. The molecule has 8 nitrogen and oxygen atoms in total. The number of nitrogens with zero attached hydrogens (tertiary/aromatic N) is 2. The highest BCUT2D eigenvalue weighted by Gasteiger charge is 2.35. The quantitative estimate of drug-likeness (QED) is 0.316. The maximum atomic E-state index is 14.1. The van der Waals surface area contributed by atoms with Crippen LogP contribution in [0.4, 0.5) is 5.69 Å². The minimum Gasteiger partial charge on any atom is -0.495 e. The molecule has 0 heterocycles. The third kappa shape index (κ3) is 7.55. The summed E-state index contributed by atoms with van der Waals surface area (Å²) >= 11 is 6.27. The minimum atomic E-state index is -4.24. The van der Waals surface area contributed by atoms with Gasteiger partial charge in [-0.15, -0.1) is 0 Å². The Morgan fingerprint density at radius 2 is 1.70 bits per heavy atom. The van der Waals surface area contributed by atoms with E-state index in [1.165, 1.54) is 30.2 Å². The van der Waals surface area contributed by atoms with Crippen LogP contribution < -0.4 is 14.4 Å². The second-order valence-electron chi connectivity index (χ2n) is 9.74. The van der Waals surface area contributed by atoms with Crippen LogP contribution in [0.1, 0.15) is 38.3 Å². The molecule has 1 atom stereocenters. The largest absolute Gasteiger partial charge is 0.495 e. The van der Waals surface area contributed by atoms with Gasteiger partial charge in [0.2, 0.25) is 11.8 Å². The zero-order valence-electron chi connectivity index (χ0n) is 23.4. The molecule has 0 bridgehead atoms. The molecule has 0 saturated carbocycles. The van der Waals surface area contributed by atoms with Gasteiger partial charge in [0.15, 0.2) is 0 Å². The SMILES string of the molecule is CC[C@@H](C(=O)NC(C)C)N(Cc1cccc(C)c1)C(=O)CN(c1cc(Cl)ccc1OC)S(=O)(=O)c1ccccc1. The van der Waals surface area contributed by atoms with E-state index in [0.717, 1.165) is 15.4 Å². The highest BCUT2D eigenvalue weighted by molar-refractivity contribution is 7.92. The first-order valence-corrected chi connectivity index (χ1v) is 14.9. The summed E-state index contributed by atoms with van der Waals surface area (Å²) in [5.74, 6) is -0.628. The molecule has 0 saturated heterocycles. The van der Waals surface area contributed by atoms with Crippen LogP contribution in [-0.4, -0.2) is 50.9 Å². The number of halogens is 1. The Morgan fingerprint density at radius 3 is 2.30 bits per heavy atom. The maximum Gasteiger partial charge on any atom is 0.264 e. The standard InChI is InChI=1S/C30H36ClN3O5S/c1-6-26(30(36)32-21(2)3)33(19-23-12-10-11-22(4)17-23)29(35)20-34(27-18-24(31)15-16-28(27)39-5)40(37,38)25-13-8-7-9-14-25/h7-18,21,26H,6,19-20H2,1-5H3,(H,32,36)/t26-/m0/s1. The van der Waals surface area contributed by atoms with E-state index in [1.54, 1.807) is 30.3 Å². The molecule has 0 aliphatic carbocycles. The summed E-state index contributed by atoms with van der Waals surface area (Å²) in [6, 6.07) is 19.1. The number of rotatable bonds is 12. The summed E-state index contributed by atoms with van der Waals surface area (Å²) < 4.78 is 34.4. The van der Waals surface area contributed by atoms with E-state index >= 15 is 0 Å². The molecule has 0 spiro atoms. The van der Waals surface area contributed by atoms with Gasteiger partial charge in [0.25, 0.3) is 10.0 Å². The molecule has 0 aliphatic heterocycles. The average molecular weight is 586 g/mol. The van der Waals surface area contributed by atoms with Gasteiger partial charge in [-0.25, -0.2) is 8.42 Å². The van der Waals surface area contributed by atoms with Crippen molar-refractivity contribution in [2.24, 2.45) is 0 Å². The Balaban J connectivity index is 2.12. The van der Waals surface area contributed by atoms with Crippen LogP contribution in [0, 0.1) is 6.92 Å². The van der Waals surface area contributed by atoms with E-state index in [1.807, 2.05) is 52.0 Å². The van der Waals surface area contributed by atoms with Crippen LogP contribution in [0.5, 0.6) is 5.75 Å². The number of nitrogens with one attached hydrogen (secondary N) is 1. The third-order valence-corrected chi connectivity index (χ3v) is 8.28. The van der Waals surface area contributed by atoms with Crippen LogP contribution in [0.2, 0.25) is 5.02 Å². The number of ether oxygens (including phenoxy) is 1. The Labute approximate surface area is 241 Å². The molecular weight excluding hydrogens is 550 g/mol. The molecule has 10 heteroatoms. The van der Waals surface area contributed by atoms with Gasteiger partial charge in [0.05, 0.1) is 17.7 Å². The van der Waals surface area contributed by atoms with Crippen molar-refractivity contribution in [3.05, 3.63) is 88.9 Å². The van der Waals surface area contributed by atoms with E-state index in [4.69, 9.17) is 16.3 Å². The lowest BCUT2D eigenvalue weighted by atomic mass is 10.1. The fourth-order valence-electron chi connectivity index (χ4n) is 4.40. The van der Waals surface area contributed by atoms with Crippen LogP contribution in [0.3, 0.4) is 0 Å². The normalized spacial score (nSPS) is 12.1. The molecule has 0 aliphatic rings. The van der Waals surface area contributed by atoms with E-state index in [2.05, 4.69) is 5.32 Å². The molecule has 0 unspecified atom stereocenters. The van der Waals surface area contributed by atoms with Gasteiger partial charge < -0.3 is 15.0 Å². The zero-order valence-corrected chi connectivity index (χ0v) is 25.0. The maximum absolute atomic E-state index is 14.1. The van der Waals surface area contributed by atoms with Gasteiger partial charge in [-0.2, -0.15) is 0 Å². The number of sulfonamides is 1. The van der Waals surface area contributed by atoms with Crippen molar-refractivity contribution < 1.29 is 22.7 Å². The van der Waals surface area contributed by atoms with Crippen molar-refractivity contribution in [3.8, 4) is 5.75 Å². The van der Waals surface area contributed by atoms with E-state index in [-0.39, 0.29) is 39.8 Å². The fraction of sp³-hybridized carbons (Fsp3) is 0.333. The Hall–Kier alpha value is -3.56. The molecule has 214 valence electrons. The number of benzene rings is 3. The zero-order chi connectivity index (χ0) is 29.4. The van der Waals surface area contributed by atoms with Crippen LogP contribution in [0.15, 0.2) is 77.7 Å². The third-order valence-electron chi connectivity index (χ3n) is 6.27. The summed E-state index contributed by atoms with van der Waals surface area (Å²) in [4.78, 5) is 28.8. The molecule has 1 N–H and O–H groups in total. The topological polar surface area (TPSA) is 96.0 Å². The predicted octanol–water partition coefficient (Wildman–Crippen LogP) is 5.18. The van der Waals surface area contributed by atoms with Gasteiger partial charge in [-0.1, -0.05) is 66.6 Å². The number of hydrogen-bond acceptors (Lipinski definition) is 5. The van der Waals surface area contributed by atoms with Gasteiger partial charge in [0.1, 0.15) is 18.3 Å². The van der Waals surface area contributed by atoms with E-state index in [9.17, 15) is 18.0 Å².